The number of aryl methyl sites for hydroxylation is 1. The molecule has 1 N–H and O–H groups in total. The fourth-order valence-corrected chi connectivity index (χ4v) is 4.58. The molecule has 0 bridgehead atoms. The second kappa shape index (κ2) is 10.4. The van der Waals surface area contributed by atoms with Gasteiger partial charge in [-0.05, 0) is 55.7 Å². The Bertz CT molecular complexity index is 1080. The van der Waals surface area contributed by atoms with Crippen LogP contribution in [0.5, 0.6) is 11.5 Å². The molecule has 182 valence electrons. The molecule has 0 aliphatic rings. The molecule has 0 radical (unpaired) electrons. The average molecular weight is 482 g/mol. The maximum absolute atomic E-state index is 13.1. The van der Waals surface area contributed by atoms with Gasteiger partial charge in [-0.15, -0.1) is 0 Å². The van der Waals surface area contributed by atoms with Crippen molar-refractivity contribution in [2.75, 3.05) is 11.5 Å². The monoisotopic (exact) mass is 481 g/mol. The second-order valence-corrected chi connectivity index (χ2v) is 14.7. The number of aromatic nitrogens is 2. The number of H-pyrrole nitrogens is 1. The summed E-state index contributed by atoms with van der Waals surface area (Å²) in [6, 6.07) is 16.3. The number of hydrogen-bond acceptors (Lipinski definition) is 5. The first-order valence-electron chi connectivity index (χ1n) is 11.5. The number of nitrogens with zero attached hydrogens (tertiary/aromatic N) is 2. The molecule has 0 saturated carbocycles. The first kappa shape index (κ1) is 25.5. The number of benzene rings is 2. The number of carbonyl (C=O) groups excluding carboxylic acids is 1. The van der Waals surface area contributed by atoms with Gasteiger partial charge in [0.15, 0.2) is 8.32 Å². The first-order chi connectivity index (χ1) is 16.0. The molecule has 1 unspecified atom stereocenters. The molecule has 2 aromatic carbocycles. The Balaban J connectivity index is 1.79. The minimum absolute atomic E-state index is 0.0595. The largest absolute Gasteiger partial charge is 0.491 e. The van der Waals surface area contributed by atoms with Crippen LogP contribution >= 0.6 is 0 Å². The second-order valence-electron chi connectivity index (χ2n) is 9.91. The fourth-order valence-electron chi connectivity index (χ4n) is 3.16. The molecule has 3 aromatic rings. The van der Waals surface area contributed by atoms with Crippen molar-refractivity contribution < 1.29 is 18.7 Å². The molecule has 34 heavy (non-hydrogen) atoms. The van der Waals surface area contributed by atoms with Gasteiger partial charge in [-0.2, -0.15) is 5.10 Å². The molecule has 1 aromatic heterocycles. The highest BCUT2D eigenvalue weighted by Crippen LogP contribution is 2.37. The van der Waals surface area contributed by atoms with Crippen LogP contribution in [-0.4, -0.2) is 37.3 Å². The molecule has 0 aliphatic carbocycles. The van der Waals surface area contributed by atoms with Gasteiger partial charge in [0.05, 0.1) is 18.0 Å². The van der Waals surface area contributed by atoms with Gasteiger partial charge < -0.3 is 13.9 Å². The van der Waals surface area contributed by atoms with Crippen LogP contribution in [0, 0.1) is 6.92 Å². The highest BCUT2D eigenvalue weighted by molar-refractivity contribution is 6.74. The van der Waals surface area contributed by atoms with Gasteiger partial charge >= 0.3 is 6.09 Å². The van der Waals surface area contributed by atoms with E-state index in [1.807, 2.05) is 50.2 Å². The van der Waals surface area contributed by atoms with E-state index >= 15 is 0 Å². The molecule has 1 atom stereocenters. The number of aromatic amines is 1. The Morgan fingerprint density at radius 2 is 1.82 bits per heavy atom. The Morgan fingerprint density at radius 3 is 2.44 bits per heavy atom. The lowest BCUT2D eigenvalue weighted by atomic mass is 10.2. The van der Waals surface area contributed by atoms with E-state index in [1.54, 1.807) is 24.4 Å². The van der Waals surface area contributed by atoms with Crippen LogP contribution < -0.4 is 14.4 Å². The van der Waals surface area contributed by atoms with E-state index in [2.05, 4.69) is 44.1 Å². The third-order valence-corrected chi connectivity index (χ3v) is 10.7. The lowest BCUT2D eigenvalue weighted by molar-refractivity contribution is 0.129. The number of amides is 1. The van der Waals surface area contributed by atoms with Gasteiger partial charge in [0.25, 0.3) is 0 Å². The van der Waals surface area contributed by atoms with Crippen molar-refractivity contribution in [3.8, 4) is 11.5 Å². The quantitative estimate of drug-likeness (QED) is 0.356. The molecule has 1 heterocycles. The van der Waals surface area contributed by atoms with Gasteiger partial charge in [0.2, 0.25) is 0 Å². The van der Waals surface area contributed by atoms with Crippen LogP contribution in [-0.2, 0) is 4.43 Å². The average Bonchev–Trinajstić information content (AvgIpc) is 3.28. The van der Waals surface area contributed by atoms with Crippen LogP contribution in [0.25, 0.3) is 0 Å². The predicted molar refractivity (Wildman–Crippen MR) is 138 cm³/mol. The summed E-state index contributed by atoms with van der Waals surface area (Å²) in [4.78, 5) is 14.6. The minimum Gasteiger partial charge on any atom is -0.491 e. The fraction of sp³-hybridized carbons (Fsp3) is 0.385. The molecule has 7 nitrogen and oxygen atoms in total. The Kier molecular flexibility index (Phi) is 7.84. The molecular weight excluding hydrogens is 446 g/mol. The predicted octanol–water partition coefficient (Wildman–Crippen LogP) is 6.84. The summed E-state index contributed by atoms with van der Waals surface area (Å²) in [5.41, 5.74) is 1.56. The topological polar surface area (TPSA) is 76.7 Å². The summed E-state index contributed by atoms with van der Waals surface area (Å²) in [7, 11) is -1.90. The number of carbonyl (C=O) groups is 1. The summed E-state index contributed by atoms with van der Waals surface area (Å²) in [6.07, 6.45) is 0.972. The smallest absolute Gasteiger partial charge is 0.425 e. The van der Waals surface area contributed by atoms with Crippen molar-refractivity contribution in [2.45, 2.75) is 58.9 Å². The van der Waals surface area contributed by atoms with Crippen LogP contribution in [0.3, 0.4) is 0 Å². The highest BCUT2D eigenvalue weighted by atomic mass is 28.4. The van der Waals surface area contributed by atoms with Gasteiger partial charge in [-0.25, -0.2) is 9.69 Å². The lowest BCUT2D eigenvalue weighted by Crippen LogP contribution is -2.44. The standard InChI is InChI=1S/C26H35N3O4Si/c1-19-13-14-21(17-23(19)31-18-20(2)33-34(6,7)26(3,4)5)29(24-15-16-27-28-24)25(30)32-22-11-9-8-10-12-22/h8-17,20H,18H2,1-7H3,(H,27,28). The normalized spacial score (nSPS) is 12.8. The summed E-state index contributed by atoms with van der Waals surface area (Å²) in [6.45, 7) is 15.5. The molecule has 1 amide bonds. The number of anilines is 2. The molecular formula is C26H35N3O4Si. The Labute approximate surface area is 203 Å². The van der Waals surface area contributed by atoms with Crippen molar-refractivity contribution in [1.29, 1.82) is 0 Å². The van der Waals surface area contributed by atoms with Gasteiger partial charge in [-0.1, -0.05) is 45.0 Å². The van der Waals surface area contributed by atoms with Crippen molar-refractivity contribution in [3.05, 3.63) is 66.4 Å². The van der Waals surface area contributed by atoms with Crippen LogP contribution in [0.4, 0.5) is 16.3 Å². The summed E-state index contributed by atoms with van der Waals surface area (Å²) in [5, 5.41) is 6.96. The summed E-state index contributed by atoms with van der Waals surface area (Å²) in [5.74, 6) is 1.63. The van der Waals surface area contributed by atoms with Crippen molar-refractivity contribution in [3.63, 3.8) is 0 Å². The van der Waals surface area contributed by atoms with Crippen LogP contribution in [0.15, 0.2) is 60.8 Å². The lowest BCUT2D eigenvalue weighted by Gasteiger charge is -2.38. The Morgan fingerprint density at radius 1 is 1.12 bits per heavy atom. The molecule has 3 rings (SSSR count). The van der Waals surface area contributed by atoms with Crippen LogP contribution in [0.2, 0.25) is 18.1 Å². The van der Waals surface area contributed by atoms with E-state index in [-0.39, 0.29) is 11.1 Å². The number of nitrogens with one attached hydrogen (secondary N) is 1. The number of hydrogen-bond donors (Lipinski definition) is 1. The zero-order valence-corrected chi connectivity index (χ0v) is 22.1. The van der Waals surface area contributed by atoms with Crippen molar-refractivity contribution in [1.82, 2.24) is 10.2 Å². The number of ether oxygens (including phenoxy) is 2. The molecule has 0 fully saturated rings. The van der Waals surface area contributed by atoms with Gasteiger partial charge in [-0.3, -0.25) is 5.10 Å². The van der Waals surface area contributed by atoms with E-state index in [0.29, 0.717) is 29.6 Å². The van der Waals surface area contributed by atoms with Gasteiger partial charge in [0.1, 0.15) is 23.9 Å². The van der Waals surface area contributed by atoms with Crippen molar-refractivity contribution in [2.24, 2.45) is 0 Å². The first-order valence-corrected chi connectivity index (χ1v) is 14.4. The third kappa shape index (κ3) is 6.27. The third-order valence-electron chi connectivity index (χ3n) is 6.06. The van der Waals surface area contributed by atoms with E-state index in [1.165, 1.54) is 4.90 Å². The number of para-hydroxylation sites is 1. The summed E-state index contributed by atoms with van der Waals surface area (Å²) >= 11 is 0. The maximum Gasteiger partial charge on any atom is 0.425 e. The van der Waals surface area contributed by atoms with E-state index < -0.39 is 14.4 Å². The molecule has 0 saturated heterocycles. The Hall–Kier alpha value is -3.10. The SMILES string of the molecule is Cc1ccc(N(C(=O)Oc2ccccc2)c2ccn[nH]2)cc1OCC(C)O[Si](C)(C)C(C)(C)C. The minimum atomic E-state index is -1.90. The molecule has 0 aliphatic heterocycles. The van der Waals surface area contributed by atoms with E-state index in [4.69, 9.17) is 13.9 Å². The molecule has 0 spiro atoms. The highest BCUT2D eigenvalue weighted by Gasteiger charge is 2.38. The zero-order chi connectivity index (χ0) is 24.9. The zero-order valence-electron chi connectivity index (χ0n) is 21.1. The number of rotatable bonds is 8. The van der Waals surface area contributed by atoms with Gasteiger partial charge in [0, 0.05) is 12.1 Å². The summed E-state index contributed by atoms with van der Waals surface area (Å²) < 4.78 is 18.2. The van der Waals surface area contributed by atoms with E-state index in [9.17, 15) is 4.79 Å². The maximum atomic E-state index is 13.1. The van der Waals surface area contributed by atoms with Crippen LogP contribution in [0.1, 0.15) is 33.3 Å². The van der Waals surface area contributed by atoms with Crippen molar-refractivity contribution >= 4 is 25.9 Å². The molecule has 8 heteroatoms. The van der Waals surface area contributed by atoms with E-state index in [0.717, 1.165) is 5.56 Å².